The van der Waals surface area contributed by atoms with Crippen LogP contribution in [-0.4, -0.2) is 75.2 Å². The lowest BCUT2D eigenvalue weighted by Crippen LogP contribution is -2.32. The van der Waals surface area contributed by atoms with Gasteiger partial charge in [-0.25, -0.2) is 9.67 Å². The van der Waals surface area contributed by atoms with Crippen molar-refractivity contribution >= 4 is 35.1 Å². The lowest BCUT2D eigenvalue weighted by atomic mass is 10.1. The summed E-state index contributed by atoms with van der Waals surface area (Å²) in [6.45, 7) is 4.41. The van der Waals surface area contributed by atoms with Gasteiger partial charge in [-0.15, -0.1) is 15.3 Å². The van der Waals surface area contributed by atoms with E-state index in [4.69, 9.17) is 19.8 Å². The van der Waals surface area contributed by atoms with Gasteiger partial charge in [0.15, 0.2) is 23.1 Å². The van der Waals surface area contributed by atoms with E-state index in [1.165, 1.54) is 10.9 Å². The van der Waals surface area contributed by atoms with Crippen LogP contribution in [0.1, 0.15) is 44.6 Å². The van der Waals surface area contributed by atoms with Crippen LogP contribution in [0, 0.1) is 11.3 Å². The summed E-state index contributed by atoms with van der Waals surface area (Å²) in [5.74, 6) is 1.16. The fraction of sp³-hybridized carbons (Fsp3) is 0.462. The molecule has 1 fully saturated rings. The van der Waals surface area contributed by atoms with E-state index in [2.05, 4.69) is 41.9 Å². The number of carboxylic acid groups (broad SMARTS) is 1. The molecule has 14 heteroatoms. The van der Waals surface area contributed by atoms with Gasteiger partial charge >= 0.3 is 5.97 Å². The predicted octanol–water partition coefficient (Wildman–Crippen LogP) is 4.06. The highest BCUT2D eigenvalue weighted by atomic mass is 16.5. The molecule has 3 aromatic heterocycles. The number of methoxy groups -OCH3 is 1. The maximum absolute atomic E-state index is 11.0. The third-order valence-corrected chi connectivity index (χ3v) is 6.11. The summed E-state index contributed by atoms with van der Waals surface area (Å²) in [6, 6.07) is 7.36. The number of pyridine rings is 1. The van der Waals surface area contributed by atoms with Gasteiger partial charge in [-0.2, -0.15) is 15.2 Å². The molecule has 1 aliphatic heterocycles. The van der Waals surface area contributed by atoms with E-state index in [1.807, 2.05) is 13.0 Å². The number of nitrogens with zero attached hydrogens (tertiary/aromatic N) is 9. The second-order valence-electron chi connectivity index (χ2n) is 9.35. The molecule has 0 bridgehead atoms. The number of rotatable bonds is 13. The van der Waals surface area contributed by atoms with Crippen molar-refractivity contribution in [2.24, 2.45) is 10.2 Å². The SMILES string of the molecule is COCC(C)Nc1nc(N2CCCCC2)nc(NCCCC(=O)O)c1N=Nc1nn(-c2ccccn2)cc1C#N. The summed E-state index contributed by atoms with van der Waals surface area (Å²) >= 11 is 0. The van der Waals surface area contributed by atoms with Gasteiger partial charge in [-0.1, -0.05) is 6.07 Å². The Kier molecular flexibility index (Phi) is 9.89. The number of hydrogen-bond acceptors (Lipinski definition) is 12. The first-order valence-electron chi connectivity index (χ1n) is 13.2. The standard InChI is InChI=1S/C26H33N11O3/c1-18(17-40-2)30-25-22(33-34-23-19(15-27)16-37(35-23)20-9-4-5-11-28-20)24(29-12-8-10-21(38)39)31-26(32-25)36-13-6-3-7-14-36/h4-5,9,11,16,18H,3,6-8,10,12-14,17H2,1-2H3,(H,38,39)(H2,29,30,31,32). The van der Waals surface area contributed by atoms with Crippen LogP contribution in [0.15, 0.2) is 40.8 Å². The highest BCUT2D eigenvalue weighted by molar-refractivity contribution is 5.76. The molecule has 4 rings (SSSR count). The van der Waals surface area contributed by atoms with Gasteiger partial charge in [-0.05, 0) is 44.7 Å². The zero-order valence-electron chi connectivity index (χ0n) is 22.6. The number of anilines is 3. The minimum Gasteiger partial charge on any atom is -0.481 e. The monoisotopic (exact) mass is 547 g/mol. The number of nitrogens with one attached hydrogen (secondary N) is 2. The molecule has 0 amide bonds. The van der Waals surface area contributed by atoms with Crippen molar-refractivity contribution in [2.45, 2.75) is 45.1 Å². The maximum atomic E-state index is 11.0. The molecule has 3 aromatic rings. The Labute approximate surface area is 232 Å². The van der Waals surface area contributed by atoms with E-state index in [0.29, 0.717) is 48.7 Å². The summed E-state index contributed by atoms with van der Waals surface area (Å²) in [5, 5.41) is 38.5. The van der Waals surface area contributed by atoms with Gasteiger partial charge in [0, 0.05) is 45.4 Å². The largest absolute Gasteiger partial charge is 0.481 e. The Hall–Kier alpha value is -4.64. The molecule has 0 aliphatic carbocycles. The molecule has 14 nitrogen and oxygen atoms in total. The van der Waals surface area contributed by atoms with E-state index in [0.717, 1.165) is 32.4 Å². The van der Waals surface area contributed by atoms with Crippen LogP contribution in [-0.2, 0) is 9.53 Å². The Bertz CT molecular complexity index is 1350. The summed E-state index contributed by atoms with van der Waals surface area (Å²) in [4.78, 5) is 27.0. The van der Waals surface area contributed by atoms with Crippen LogP contribution in [0.2, 0.25) is 0 Å². The number of piperidine rings is 1. The second-order valence-corrected chi connectivity index (χ2v) is 9.35. The number of carbonyl (C=O) groups is 1. The number of aromatic nitrogens is 5. The number of aliphatic carboxylic acids is 1. The quantitative estimate of drug-likeness (QED) is 0.207. The first-order valence-corrected chi connectivity index (χ1v) is 13.2. The molecular formula is C26H33N11O3. The Morgan fingerprint density at radius 1 is 1.23 bits per heavy atom. The van der Waals surface area contributed by atoms with Crippen molar-refractivity contribution in [2.75, 3.05) is 48.9 Å². The van der Waals surface area contributed by atoms with Gasteiger partial charge in [-0.3, -0.25) is 4.79 Å². The topological polar surface area (TPSA) is 179 Å². The Balaban J connectivity index is 1.74. The van der Waals surface area contributed by atoms with Crippen LogP contribution < -0.4 is 15.5 Å². The summed E-state index contributed by atoms with van der Waals surface area (Å²) in [5.41, 5.74) is 0.536. The third-order valence-electron chi connectivity index (χ3n) is 6.11. The van der Waals surface area contributed by atoms with E-state index >= 15 is 0 Å². The van der Waals surface area contributed by atoms with Crippen molar-refractivity contribution in [1.29, 1.82) is 5.26 Å². The van der Waals surface area contributed by atoms with E-state index in [1.54, 1.807) is 25.4 Å². The molecule has 0 aromatic carbocycles. The molecule has 210 valence electrons. The van der Waals surface area contributed by atoms with Gasteiger partial charge in [0.25, 0.3) is 0 Å². The van der Waals surface area contributed by atoms with Crippen LogP contribution in [0.3, 0.4) is 0 Å². The second kappa shape index (κ2) is 13.9. The minimum atomic E-state index is -0.873. The van der Waals surface area contributed by atoms with Crippen molar-refractivity contribution in [3.05, 3.63) is 36.2 Å². The molecule has 3 N–H and O–H groups in total. The summed E-state index contributed by atoms with van der Waals surface area (Å²) in [6.07, 6.45) is 6.83. The first kappa shape index (κ1) is 28.4. The average Bonchev–Trinajstić information content (AvgIpc) is 3.39. The third kappa shape index (κ3) is 7.48. The lowest BCUT2D eigenvalue weighted by Gasteiger charge is -2.28. The van der Waals surface area contributed by atoms with Gasteiger partial charge in [0.05, 0.1) is 12.8 Å². The van der Waals surface area contributed by atoms with Gasteiger partial charge < -0.3 is 25.4 Å². The maximum Gasteiger partial charge on any atom is 0.303 e. The molecule has 0 saturated carbocycles. The minimum absolute atomic E-state index is 0.0143. The molecule has 1 saturated heterocycles. The molecule has 1 unspecified atom stereocenters. The summed E-state index contributed by atoms with van der Waals surface area (Å²) < 4.78 is 6.77. The zero-order chi connectivity index (χ0) is 28.3. The number of carboxylic acids is 1. The van der Waals surface area contributed by atoms with Crippen molar-refractivity contribution in [3.8, 4) is 11.9 Å². The highest BCUT2D eigenvalue weighted by Gasteiger charge is 2.22. The van der Waals surface area contributed by atoms with Gasteiger partial charge in [0.2, 0.25) is 11.8 Å². The molecule has 1 atom stereocenters. The fourth-order valence-corrected chi connectivity index (χ4v) is 4.19. The Morgan fingerprint density at radius 3 is 2.73 bits per heavy atom. The number of ether oxygens (including phenoxy) is 1. The number of azo groups is 1. The van der Waals surface area contributed by atoms with Crippen molar-refractivity contribution < 1.29 is 14.6 Å². The van der Waals surface area contributed by atoms with Crippen LogP contribution in [0.4, 0.5) is 29.1 Å². The lowest BCUT2D eigenvalue weighted by molar-refractivity contribution is -0.137. The fourth-order valence-electron chi connectivity index (χ4n) is 4.19. The predicted molar refractivity (Wildman–Crippen MR) is 149 cm³/mol. The highest BCUT2D eigenvalue weighted by Crippen LogP contribution is 2.35. The smallest absolute Gasteiger partial charge is 0.303 e. The normalized spacial score (nSPS) is 14.2. The summed E-state index contributed by atoms with van der Waals surface area (Å²) in [7, 11) is 1.62. The number of hydrogen-bond donors (Lipinski definition) is 3. The first-order chi connectivity index (χ1) is 19.5. The zero-order valence-corrected chi connectivity index (χ0v) is 22.6. The molecule has 0 radical (unpaired) electrons. The van der Waals surface area contributed by atoms with E-state index in [9.17, 15) is 10.1 Å². The van der Waals surface area contributed by atoms with Crippen LogP contribution >= 0.6 is 0 Å². The molecule has 1 aliphatic rings. The molecule has 40 heavy (non-hydrogen) atoms. The molecule has 0 spiro atoms. The molecular weight excluding hydrogens is 514 g/mol. The van der Waals surface area contributed by atoms with Crippen molar-refractivity contribution in [1.82, 2.24) is 24.7 Å². The average molecular weight is 548 g/mol. The van der Waals surface area contributed by atoms with Crippen molar-refractivity contribution in [3.63, 3.8) is 0 Å². The van der Waals surface area contributed by atoms with Crippen LogP contribution in [0.25, 0.3) is 5.82 Å². The van der Waals surface area contributed by atoms with E-state index in [-0.39, 0.29) is 23.8 Å². The molecule has 4 heterocycles. The number of nitriles is 1. The van der Waals surface area contributed by atoms with Crippen LogP contribution in [0.5, 0.6) is 0 Å². The Morgan fingerprint density at radius 2 is 2.02 bits per heavy atom. The van der Waals surface area contributed by atoms with Gasteiger partial charge in [0.1, 0.15) is 11.6 Å². The van der Waals surface area contributed by atoms with E-state index < -0.39 is 5.97 Å².